The average Bonchev–Trinajstić information content (AvgIpc) is 2.41. The fraction of sp³-hybridized carbons (Fsp3) is 0.444. The van der Waals surface area contributed by atoms with Crippen LogP contribution < -0.4 is 0 Å². The van der Waals surface area contributed by atoms with Gasteiger partial charge in [0, 0.05) is 19.0 Å². The summed E-state index contributed by atoms with van der Waals surface area (Å²) in [5, 5.41) is 12.7. The summed E-state index contributed by atoms with van der Waals surface area (Å²) < 4.78 is 1.57. The largest absolute Gasteiger partial charge is 0.293 e. The van der Waals surface area contributed by atoms with Gasteiger partial charge in [0.15, 0.2) is 11.5 Å². The van der Waals surface area contributed by atoms with Gasteiger partial charge in [0.2, 0.25) is 0 Å². The second-order valence-corrected chi connectivity index (χ2v) is 2.81. The van der Waals surface area contributed by atoms with Gasteiger partial charge in [-0.3, -0.25) is 9.48 Å². The Morgan fingerprint density at radius 2 is 2.31 bits per heavy atom. The van der Waals surface area contributed by atoms with Crippen LogP contribution in [0.1, 0.15) is 35.6 Å². The van der Waals surface area contributed by atoms with Crippen LogP contribution in [0, 0.1) is 18.3 Å². The third-order valence-corrected chi connectivity index (χ3v) is 1.93. The molecule has 13 heavy (non-hydrogen) atoms. The zero-order valence-electron chi connectivity index (χ0n) is 7.96. The van der Waals surface area contributed by atoms with Crippen molar-refractivity contribution in [1.29, 1.82) is 5.26 Å². The van der Waals surface area contributed by atoms with E-state index in [9.17, 15) is 4.79 Å². The van der Waals surface area contributed by atoms with Crippen LogP contribution in [0.25, 0.3) is 0 Å². The van der Waals surface area contributed by atoms with Crippen LogP contribution in [-0.4, -0.2) is 15.6 Å². The molecule has 1 aromatic heterocycles. The Bertz CT molecular complexity index is 384. The molecule has 0 saturated carbocycles. The third kappa shape index (κ3) is 1.45. The van der Waals surface area contributed by atoms with Crippen molar-refractivity contribution in [2.24, 2.45) is 0 Å². The molecule has 4 nitrogen and oxygen atoms in total. The maximum atomic E-state index is 11.2. The maximum absolute atomic E-state index is 11.2. The first-order valence-electron chi connectivity index (χ1n) is 4.10. The number of hydrogen-bond donors (Lipinski definition) is 0. The SMILES string of the molecule is CCn1nc(C#N)c(C)c1C(C)=O. The van der Waals surface area contributed by atoms with Crippen LogP contribution in [0.4, 0.5) is 0 Å². The van der Waals surface area contributed by atoms with E-state index in [1.165, 1.54) is 6.92 Å². The minimum absolute atomic E-state index is 0.0478. The molecular weight excluding hydrogens is 166 g/mol. The summed E-state index contributed by atoms with van der Waals surface area (Å²) in [6, 6.07) is 1.96. The molecular formula is C9H11N3O. The zero-order valence-corrected chi connectivity index (χ0v) is 7.96. The molecule has 0 radical (unpaired) electrons. The van der Waals surface area contributed by atoms with Crippen molar-refractivity contribution < 1.29 is 4.79 Å². The number of nitrogens with zero attached hydrogens (tertiary/aromatic N) is 3. The number of Topliss-reactive ketones (excluding diaryl/α,β-unsaturated/α-hetero) is 1. The first kappa shape index (κ1) is 9.46. The summed E-state index contributed by atoms with van der Waals surface area (Å²) in [6.07, 6.45) is 0. The predicted octanol–water partition coefficient (Wildman–Crippen LogP) is 1.29. The van der Waals surface area contributed by atoms with Crippen molar-refractivity contribution in [3.8, 4) is 6.07 Å². The van der Waals surface area contributed by atoms with Crippen molar-refractivity contribution in [2.75, 3.05) is 0 Å². The van der Waals surface area contributed by atoms with E-state index in [2.05, 4.69) is 5.10 Å². The van der Waals surface area contributed by atoms with E-state index < -0.39 is 0 Å². The van der Waals surface area contributed by atoms with E-state index >= 15 is 0 Å². The van der Waals surface area contributed by atoms with Gasteiger partial charge in [-0.1, -0.05) is 0 Å². The normalized spacial score (nSPS) is 9.69. The molecule has 1 aromatic rings. The quantitative estimate of drug-likeness (QED) is 0.639. The van der Waals surface area contributed by atoms with Gasteiger partial charge in [-0.2, -0.15) is 10.4 Å². The van der Waals surface area contributed by atoms with Crippen molar-refractivity contribution in [2.45, 2.75) is 27.3 Å². The first-order chi connectivity index (χ1) is 6.11. The summed E-state index contributed by atoms with van der Waals surface area (Å²) in [6.45, 7) is 5.73. The number of aromatic nitrogens is 2. The molecule has 68 valence electrons. The van der Waals surface area contributed by atoms with E-state index in [4.69, 9.17) is 5.26 Å². The van der Waals surface area contributed by atoms with Gasteiger partial charge < -0.3 is 0 Å². The molecule has 0 aliphatic carbocycles. The van der Waals surface area contributed by atoms with E-state index in [1.54, 1.807) is 11.6 Å². The van der Waals surface area contributed by atoms with Crippen LogP contribution in [0.2, 0.25) is 0 Å². The van der Waals surface area contributed by atoms with E-state index in [-0.39, 0.29) is 5.78 Å². The number of hydrogen-bond acceptors (Lipinski definition) is 3. The smallest absolute Gasteiger partial charge is 0.178 e. The lowest BCUT2D eigenvalue weighted by atomic mass is 10.1. The van der Waals surface area contributed by atoms with Gasteiger partial charge in [-0.15, -0.1) is 0 Å². The molecule has 4 heteroatoms. The molecule has 0 amide bonds. The number of rotatable bonds is 2. The van der Waals surface area contributed by atoms with Crippen LogP contribution in [-0.2, 0) is 6.54 Å². The van der Waals surface area contributed by atoms with Crippen LogP contribution in [0.3, 0.4) is 0 Å². The highest BCUT2D eigenvalue weighted by atomic mass is 16.1. The Morgan fingerprint density at radius 3 is 2.62 bits per heavy atom. The Morgan fingerprint density at radius 1 is 1.69 bits per heavy atom. The summed E-state index contributed by atoms with van der Waals surface area (Å²) in [5.41, 5.74) is 1.56. The van der Waals surface area contributed by atoms with Crippen molar-refractivity contribution in [1.82, 2.24) is 9.78 Å². The van der Waals surface area contributed by atoms with Crippen molar-refractivity contribution in [3.63, 3.8) is 0 Å². The second kappa shape index (κ2) is 3.40. The molecule has 0 aliphatic heterocycles. The molecule has 0 aliphatic rings. The number of carbonyl (C=O) groups is 1. The third-order valence-electron chi connectivity index (χ3n) is 1.93. The highest BCUT2D eigenvalue weighted by Gasteiger charge is 2.15. The summed E-state index contributed by atoms with van der Waals surface area (Å²) in [7, 11) is 0. The molecule has 0 unspecified atom stereocenters. The van der Waals surface area contributed by atoms with Gasteiger partial charge in [-0.05, 0) is 13.8 Å². The molecule has 1 rings (SSSR count). The van der Waals surface area contributed by atoms with Gasteiger partial charge in [0.05, 0.1) is 0 Å². The molecule has 0 bridgehead atoms. The standard InChI is InChI=1S/C9H11N3O/c1-4-12-9(7(3)13)6(2)8(5-10)11-12/h4H2,1-3H3. The second-order valence-electron chi connectivity index (χ2n) is 2.81. The number of aryl methyl sites for hydroxylation is 1. The lowest BCUT2D eigenvalue weighted by Gasteiger charge is -1.99. The molecule has 0 N–H and O–H groups in total. The summed E-state index contributed by atoms with van der Waals surface area (Å²) in [4.78, 5) is 11.2. The molecule has 0 aromatic carbocycles. The summed E-state index contributed by atoms with van der Waals surface area (Å²) >= 11 is 0. The lowest BCUT2D eigenvalue weighted by Crippen LogP contribution is -2.07. The fourth-order valence-corrected chi connectivity index (χ4v) is 1.33. The Kier molecular flexibility index (Phi) is 2.47. The van der Waals surface area contributed by atoms with Crippen molar-refractivity contribution >= 4 is 5.78 Å². The Hall–Kier alpha value is -1.63. The molecule has 1 heterocycles. The van der Waals surface area contributed by atoms with Crippen LogP contribution in [0.5, 0.6) is 0 Å². The van der Waals surface area contributed by atoms with Crippen LogP contribution >= 0.6 is 0 Å². The Balaban J connectivity index is 3.39. The molecule has 0 spiro atoms. The van der Waals surface area contributed by atoms with E-state index in [0.717, 1.165) is 0 Å². The number of ketones is 1. The molecule has 0 atom stereocenters. The minimum Gasteiger partial charge on any atom is -0.293 e. The Labute approximate surface area is 76.8 Å². The van der Waals surface area contributed by atoms with E-state index in [1.807, 2.05) is 13.0 Å². The topological polar surface area (TPSA) is 58.7 Å². The van der Waals surface area contributed by atoms with Gasteiger partial charge >= 0.3 is 0 Å². The molecule has 0 fully saturated rings. The zero-order chi connectivity index (χ0) is 10.0. The monoisotopic (exact) mass is 177 g/mol. The summed E-state index contributed by atoms with van der Waals surface area (Å²) in [5.74, 6) is -0.0478. The minimum atomic E-state index is -0.0478. The van der Waals surface area contributed by atoms with Gasteiger partial charge in [-0.25, -0.2) is 0 Å². The maximum Gasteiger partial charge on any atom is 0.178 e. The number of nitriles is 1. The molecule has 0 saturated heterocycles. The van der Waals surface area contributed by atoms with E-state index in [0.29, 0.717) is 23.5 Å². The fourth-order valence-electron chi connectivity index (χ4n) is 1.33. The van der Waals surface area contributed by atoms with Gasteiger partial charge in [0.25, 0.3) is 0 Å². The van der Waals surface area contributed by atoms with Crippen molar-refractivity contribution in [3.05, 3.63) is 17.0 Å². The lowest BCUT2D eigenvalue weighted by molar-refractivity contribution is 0.100. The van der Waals surface area contributed by atoms with Gasteiger partial charge in [0.1, 0.15) is 11.8 Å². The number of carbonyl (C=O) groups excluding carboxylic acids is 1. The highest BCUT2D eigenvalue weighted by Crippen LogP contribution is 2.12. The predicted molar refractivity (Wildman–Crippen MR) is 47.4 cm³/mol. The average molecular weight is 177 g/mol. The highest BCUT2D eigenvalue weighted by molar-refractivity contribution is 5.94. The first-order valence-corrected chi connectivity index (χ1v) is 4.10. The van der Waals surface area contributed by atoms with Crippen LogP contribution in [0.15, 0.2) is 0 Å².